The predicted octanol–water partition coefficient (Wildman–Crippen LogP) is 3.29. The third kappa shape index (κ3) is 2.59. The zero-order valence-corrected chi connectivity index (χ0v) is 8.44. The molecule has 0 radical (unpaired) electrons. The molecule has 1 rings (SSSR count). The Bertz CT molecular complexity index is 313. The van der Waals surface area contributed by atoms with Gasteiger partial charge in [-0.2, -0.15) is 8.78 Å². The van der Waals surface area contributed by atoms with Crippen molar-refractivity contribution in [3.63, 3.8) is 0 Å². The Morgan fingerprint density at radius 1 is 1.31 bits per heavy atom. The highest BCUT2D eigenvalue weighted by Crippen LogP contribution is 2.20. The zero-order valence-electron chi connectivity index (χ0n) is 6.85. The summed E-state index contributed by atoms with van der Waals surface area (Å²) >= 11 is 3.15. The number of Topliss-reactive ketones (excluding diaryl/α,β-unsaturated/α-hetero) is 1. The first-order valence-electron chi connectivity index (χ1n) is 3.59. The fourth-order valence-corrected chi connectivity index (χ4v) is 1.12. The van der Waals surface area contributed by atoms with E-state index in [9.17, 15) is 13.6 Å². The van der Waals surface area contributed by atoms with Crippen LogP contribution >= 0.6 is 15.9 Å². The number of rotatable bonds is 2. The summed E-state index contributed by atoms with van der Waals surface area (Å²) in [5.74, 6) is -4.45. The molecular formula is C9H7BrF2O. The molecule has 4 heteroatoms. The lowest BCUT2D eigenvalue weighted by molar-refractivity contribution is 0.0221. The van der Waals surface area contributed by atoms with Gasteiger partial charge in [0.25, 0.3) is 0 Å². The van der Waals surface area contributed by atoms with Crippen LogP contribution in [0.3, 0.4) is 0 Å². The molecule has 0 bridgehead atoms. The van der Waals surface area contributed by atoms with Crippen LogP contribution in [0.5, 0.6) is 0 Å². The molecule has 0 unspecified atom stereocenters. The van der Waals surface area contributed by atoms with E-state index in [0.717, 1.165) is 4.47 Å². The average molecular weight is 249 g/mol. The number of carbonyl (C=O) groups is 1. The predicted molar refractivity (Wildman–Crippen MR) is 49.1 cm³/mol. The molecule has 0 fully saturated rings. The first-order valence-corrected chi connectivity index (χ1v) is 4.39. The highest BCUT2D eigenvalue weighted by Gasteiger charge is 2.32. The van der Waals surface area contributed by atoms with Gasteiger partial charge in [0.05, 0.1) is 0 Å². The van der Waals surface area contributed by atoms with Gasteiger partial charge in [0, 0.05) is 17.0 Å². The van der Waals surface area contributed by atoms with Gasteiger partial charge in [0.1, 0.15) is 0 Å². The highest BCUT2D eigenvalue weighted by molar-refractivity contribution is 9.10. The van der Waals surface area contributed by atoms with E-state index >= 15 is 0 Å². The smallest absolute Gasteiger partial charge is 0.287 e. The second kappa shape index (κ2) is 3.54. The molecular weight excluding hydrogens is 242 g/mol. The lowest BCUT2D eigenvalue weighted by Gasteiger charge is -2.08. The van der Waals surface area contributed by atoms with Crippen LogP contribution < -0.4 is 0 Å². The van der Waals surface area contributed by atoms with Crippen LogP contribution in [0.4, 0.5) is 8.78 Å². The zero-order chi connectivity index (χ0) is 10.1. The van der Waals surface area contributed by atoms with Crippen molar-refractivity contribution in [2.45, 2.75) is 12.8 Å². The van der Waals surface area contributed by atoms with Gasteiger partial charge in [-0.25, -0.2) is 0 Å². The maximum Gasteiger partial charge on any atom is 0.307 e. The minimum Gasteiger partial charge on any atom is -0.287 e. The summed E-state index contributed by atoms with van der Waals surface area (Å²) in [7, 11) is 0. The summed E-state index contributed by atoms with van der Waals surface area (Å²) in [4.78, 5) is 11.0. The van der Waals surface area contributed by atoms with Gasteiger partial charge in [-0.15, -0.1) is 0 Å². The SMILES string of the molecule is CC(F)(F)C(=O)c1ccc(Br)cc1. The lowest BCUT2D eigenvalue weighted by Crippen LogP contribution is -2.24. The van der Waals surface area contributed by atoms with Crippen molar-refractivity contribution in [3.05, 3.63) is 34.3 Å². The number of benzene rings is 1. The van der Waals surface area contributed by atoms with Crippen molar-refractivity contribution in [3.8, 4) is 0 Å². The molecule has 0 N–H and O–H groups in total. The third-order valence-electron chi connectivity index (χ3n) is 1.51. The fourth-order valence-electron chi connectivity index (χ4n) is 0.855. The number of hydrogen-bond acceptors (Lipinski definition) is 1. The van der Waals surface area contributed by atoms with Crippen LogP contribution in [-0.4, -0.2) is 11.7 Å². The molecule has 0 aliphatic carbocycles. The number of carbonyl (C=O) groups excluding carboxylic acids is 1. The molecule has 0 aliphatic rings. The van der Waals surface area contributed by atoms with E-state index in [4.69, 9.17) is 0 Å². The second-order valence-corrected chi connectivity index (χ2v) is 3.64. The Balaban J connectivity index is 2.97. The molecule has 0 atom stereocenters. The van der Waals surface area contributed by atoms with E-state index in [1.54, 1.807) is 12.1 Å². The van der Waals surface area contributed by atoms with Crippen LogP contribution in [-0.2, 0) is 0 Å². The van der Waals surface area contributed by atoms with Gasteiger partial charge in [-0.3, -0.25) is 4.79 Å². The van der Waals surface area contributed by atoms with Crippen molar-refractivity contribution in [1.82, 2.24) is 0 Å². The second-order valence-electron chi connectivity index (χ2n) is 2.72. The van der Waals surface area contributed by atoms with Crippen LogP contribution in [0.25, 0.3) is 0 Å². The lowest BCUT2D eigenvalue weighted by atomic mass is 10.1. The third-order valence-corrected chi connectivity index (χ3v) is 2.03. The topological polar surface area (TPSA) is 17.1 Å². The molecule has 0 heterocycles. The average Bonchev–Trinajstić information content (AvgIpc) is 2.03. The molecule has 0 saturated carbocycles. The minimum absolute atomic E-state index is 0.0238. The number of ketones is 1. The maximum absolute atomic E-state index is 12.5. The van der Waals surface area contributed by atoms with E-state index in [0.29, 0.717) is 6.92 Å². The van der Waals surface area contributed by atoms with Crippen molar-refractivity contribution in [2.24, 2.45) is 0 Å². The molecule has 1 aromatic carbocycles. The summed E-state index contributed by atoms with van der Waals surface area (Å²) in [5.41, 5.74) is 0.0238. The summed E-state index contributed by atoms with van der Waals surface area (Å²) in [6.45, 7) is 0.595. The van der Waals surface area contributed by atoms with Gasteiger partial charge in [-0.1, -0.05) is 28.1 Å². The van der Waals surface area contributed by atoms with Crippen LogP contribution in [0.2, 0.25) is 0 Å². The Labute approximate surface area is 82.9 Å². The molecule has 0 aromatic heterocycles. The summed E-state index contributed by atoms with van der Waals surface area (Å²) in [6, 6.07) is 5.84. The number of alkyl halides is 2. The van der Waals surface area contributed by atoms with E-state index in [2.05, 4.69) is 15.9 Å². The monoisotopic (exact) mass is 248 g/mol. The molecule has 1 nitrogen and oxygen atoms in total. The van der Waals surface area contributed by atoms with Crippen LogP contribution in [0.1, 0.15) is 17.3 Å². The Morgan fingerprint density at radius 3 is 2.15 bits per heavy atom. The molecule has 70 valence electrons. The Morgan fingerprint density at radius 2 is 1.77 bits per heavy atom. The summed E-state index contributed by atoms with van der Waals surface area (Å²) < 4.78 is 25.8. The van der Waals surface area contributed by atoms with Gasteiger partial charge in [0.15, 0.2) is 0 Å². The molecule has 13 heavy (non-hydrogen) atoms. The van der Waals surface area contributed by atoms with Crippen LogP contribution in [0, 0.1) is 0 Å². The highest BCUT2D eigenvalue weighted by atomic mass is 79.9. The van der Waals surface area contributed by atoms with Gasteiger partial charge in [0.2, 0.25) is 5.78 Å². The number of hydrogen-bond donors (Lipinski definition) is 0. The number of halogens is 3. The summed E-state index contributed by atoms with van der Waals surface area (Å²) in [6.07, 6.45) is 0. The molecule has 0 aliphatic heterocycles. The first kappa shape index (κ1) is 10.3. The van der Waals surface area contributed by atoms with Gasteiger partial charge in [-0.05, 0) is 12.1 Å². The van der Waals surface area contributed by atoms with Crippen LogP contribution in [0.15, 0.2) is 28.7 Å². The molecule has 0 spiro atoms. The maximum atomic E-state index is 12.5. The standard InChI is InChI=1S/C9H7BrF2O/c1-9(11,12)8(13)6-2-4-7(10)5-3-6/h2-5H,1H3. The minimum atomic E-state index is -3.30. The fraction of sp³-hybridized carbons (Fsp3) is 0.222. The van der Waals surface area contributed by atoms with Crippen molar-refractivity contribution >= 4 is 21.7 Å². The van der Waals surface area contributed by atoms with Gasteiger partial charge >= 0.3 is 5.92 Å². The Kier molecular flexibility index (Phi) is 2.81. The summed E-state index contributed by atoms with van der Waals surface area (Å²) in [5, 5.41) is 0. The van der Waals surface area contributed by atoms with E-state index in [1.165, 1.54) is 12.1 Å². The van der Waals surface area contributed by atoms with E-state index < -0.39 is 11.7 Å². The van der Waals surface area contributed by atoms with Crippen molar-refractivity contribution < 1.29 is 13.6 Å². The van der Waals surface area contributed by atoms with Crippen molar-refractivity contribution in [1.29, 1.82) is 0 Å². The van der Waals surface area contributed by atoms with Crippen molar-refractivity contribution in [2.75, 3.05) is 0 Å². The van der Waals surface area contributed by atoms with E-state index in [1.807, 2.05) is 0 Å². The first-order chi connectivity index (χ1) is 5.91. The molecule has 0 saturated heterocycles. The quantitative estimate of drug-likeness (QED) is 0.735. The normalized spacial score (nSPS) is 11.4. The largest absolute Gasteiger partial charge is 0.307 e. The van der Waals surface area contributed by atoms with Gasteiger partial charge < -0.3 is 0 Å². The van der Waals surface area contributed by atoms with E-state index in [-0.39, 0.29) is 5.56 Å². The molecule has 0 amide bonds. The molecule has 1 aromatic rings. The Hall–Kier alpha value is -0.770.